The van der Waals surface area contributed by atoms with Gasteiger partial charge in [-0.3, -0.25) is 15.0 Å². The highest BCUT2D eigenvalue weighted by Gasteiger charge is 2.31. The molecule has 0 aliphatic rings. The fourth-order valence-corrected chi connectivity index (χ4v) is 2.09. The molecule has 6 nitrogen and oxygen atoms in total. The Morgan fingerprint density at radius 2 is 1.67 bits per heavy atom. The summed E-state index contributed by atoms with van der Waals surface area (Å²) in [6.45, 7) is 7.53. The normalized spacial score (nSPS) is 11.0. The number of amides is 2. The maximum atomic E-state index is 12.6. The molecule has 1 N–H and O–H groups in total. The van der Waals surface area contributed by atoms with Crippen LogP contribution in [0.1, 0.15) is 54.2 Å². The number of nitrogens with one attached hydrogen (secondary N) is 1. The van der Waals surface area contributed by atoms with Gasteiger partial charge in [-0.05, 0) is 51.0 Å². The van der Waals surface area contributed by atoms with Gasteiger partial charge in [0, 0.05) is 18.0 Å². The summed E-state index contributed by atoms with van der Waals surface area (Å²) in [5.74, 6) is -0.771. The zero-order valence-corrected chi connectivity index (χ0v) is 14.4. The molecule has 2 aromatic rings. The number of carbonyl (C=O) groups excluding carboxylic acids is 2. The topological polar surface area (TPSA) is 75.2 Å². The molecule has 2 amide bonds. The SMILES string of the molecule is CCc1ccc(C(=O)NN(C(=O)c2ncccn2)C(C)(C)C)cc1. The lowest BCUT2D eigenvalue weighted by atomic mass is 10.1. The molecule has 1 heterocycles. The van der Waals surface area contributed by atoms with E-state index in [0.717, 1.165) is 12.0 Å². The molecule has 0 aliphatic carbocycles. The average molecular weight is 326 g/mol. The van der Waals surface area contributed by atoms with Crippen LogP contribution in [0, 0.1) is 0 Å². The number of benzene rings is 1. The second-order valence-electron chi connectivity index (χ2n) is 6.38. The molecule has 0 saturated heterocycles. The Bertz CT molecular complexity index is 706. The van der Waals surface area contributed by atoms with Crippen molar-refractivity contribution in [2.24, 2.45) is 0 Å². The lowest BCUT2D eigenvalue weighted by Gasteiger charge is -2.34. The Morgan fingerprint density at radius 1 is 1.08 bits per heavy atom. The third kappa shape index (κ3) is 4.16. The van der Waals surface area contributed by atoms with Crippen molar-refractivity contribution in [1.29, 1.82) is 0 Å². The van der Waals surface area contributed by atoms with Crippen LogP contribution >= 0.6 is 0 Å². The molecular formula is C18H22N4O2. The van der Waals surface area contributed by atoms with Gasteiger partial charge in [-0.25, -0.2) is 15.0 Å². The second-order valence-corrected chi connectivity index (χ2v) is 6.38. The Morgan fingerprint density at radius 3 is 2.17 bits per heavy atom. The summed E-state index contributed by atoms with van der Waals surface area (Å²) in [5.41, 5.74) is 3.68. The van der Waals surface area contributed by atoms with Gasteiger partial charge in [-0.2, -0.15) is 0 Å². The Labute approximate surface area is 141 Å². The highest BCUT2D eigenvalue weighted by molar-refractivity contribution is 5.97. The Hall–Kier alpha value is -2.76. The van der Waals surface area contributed by atoms with Gasteiger partial charge in [0.2, 0.25) is 5.82 Å². The standard InChI is InChI=1S/C18H22N4O2/c1-5-13-7-9-14(10-8-13)16(23)21-22(18(2,3)4)17(24)15-19-11-6-12-20-15/h6-12H,5H2,1-4H3,(H,21,23). The van der Waals surface area contributed by atoms with Gasteiger partial charge in [-0.1, -0.05) is 19.1 Å². The molecule has 0 saturated carbocycles. The smallest absolute Gasteiger partial charge is 0.267 e. The van der Waals surface area contributed by atoms with Crippen LogP contribution in [0.3, 0.4) is 0 Å². The summed E-state index contributed by atoms with van der Waals surface area (Å²) in [6.07, 6.45) is 3.89. The number of nitrogens with zero attached hydrogens (tertiary/aromatic N) is 3. The van der Waals surface area contributed by atoms with Crippen molar-refractivity contribution < 1.29 is 9.59 Å². The first-order valence-corrected chi connectivity index (χ1v) is 7.84. The Balaban J connectivity index is 2.22. The fourth-order valence-electron chi connectivity index (χ4n) is 2.09. The summed E-state index contributed by atoms with van der Waals surface area (Å²) in [6, 6.07) is 8.93. The molecule has 126 valence electrons. The molecule has 0 aliphatic heterocycles. The number of hydrogen-bond acceptors (Lipinski definition) is 4. The largest absolute Gasteiger partial charge is 0.310 e. The van der Waals surface area contributed by atoms with Crippen LogP contribution in [0.15, 0.2) is 42.7 Å². The summed E-state index contributed by atoms with van der Waals surface area (Å²) >= 11 is 0. The van der Waals surface area contributed by atoms with Gasteiger partial charge in [0.15, 0.2) is 0 Å². The van der Waals surface area contributed by atoms with Crippen LogP contribution in [0.2, 0.25) is 0 Å². The fraction of sp³-hybridized carbons (Fsp3) is 0.333. The third-order valence-corrected chi connectivity index (χ3v) is 3.47. The minimum atomic E-state index is -0.630. The van der Waals surface area contributed by atoms with Crippen LogP contribution in [0.25, 0.3) is 0 Å². The summed E-state index contributed by atoms with van der Waals surface area (Å²) in [5, 5.41) is 1.26. The van der Waals surface area contributed by atoms with E-state index in [1.54, 1.807) is 18.2 Å². The molecular weight excluding hydrogens is 304 g/mol. The van der Waals surface area contributed by atoms with Crippen LogP contribution in [0.4, 0.5) is 0 Å². The average Bonchev–Trinajstić information content (AvgIpc) is 2.58. The molecule has 1 aromatic carbocycles. The maximum Gasteiger partial charge on any atom is 0.310 e. The maximum absolute atomic E-state index is 12.6. The van der Waals surface area contributed by atoms with Gasteiger partial charge >= 0.3 is 5.91 Å². The number of hydrogen-bond donors (Lipinski definition) is 1. The molecule has 0 fully saturated rings. The lowest BCUT2D eigenvalue weighted by Crippen LogP contribution is -2.56. The van der Waals surface area contributed by atoms with E-state index in [1.807, 2.05) is 32.9 Å². The van der Waals surface area contributed by atoms with Crippen LogP contribution in [-0.4, -0.2) is 32.3 Å². The lowest BCUT2D eigenvalue weighted by molar-refractivity contribution is 0.0348. The van der Waals surface area contributed by atoms with Gasteiger partial charge < -0.3 is 0 Å². The molecule has 24 heavy (non-hydrogen) atoms. The van der Waals surface area contributed by atoms with Crippen molar-refractivity contribution in [3.05, 3.63) is 59.7 Å². The van der Waals surface area contributed by atoms with E-state index < -0.39 is 11.4 Å². The zero-order valence-electron chi connectivity index (χ0n) is 14.4. The first-order valence-electron chi connectivity index (χ1n) is 7.84. The van der Waals surface area contributed by atoms with E-state index in [4.69, 9.17) is 0 Å². The third-order valence-electron chi connectivity index (χ3n) is 3.47. The number of aryl methyl sites for hydroxylation is 1. The van der Waals surface area contributed by atoms with Gasteiger partial charge in [0.25, 0.3) is 5.91 Å². The van der Waals surface area contributed by atoms with Gasteiger partial charge in [0.05, 0.1) is 5.54 Å². The molecule has 0 atom stereocenters. The first kappa shape index (κ1) is 17.6. The summed E-state index contributed by atoms with van der Waals surface area (Å²) < 4.78 is 0. The van der Waals surface area contributed by atoms with Crippen molar-refractivity contribution >= 4 is 11.8 Å². The molecule has 1 aromatic heterocycles. The van der Waals surface area contributed by atoms with E-state index in [-0.39, 0.29) is 11.7 Å². The van der Waals surface area contributed by atoms with Crippen molar-refractivity contribution in [2.45, 2.75) is 39.7 Å². The number of rotatable bonds is 3. The van der Waals surface area contributed by atoms with E-state index in [0.29, 0.717) is 5.56 Å². The number of carbonyl (C=O) groups is 2. The van der Waals surface area contributed by atoms with Crippen LogP contribution in [0.5, 0.6) is 0 Å². The van der Waals surface area contributed by atoms with Crippen LogP contribution < -0.4 is 5.43 Å². The van der Waals surface area contributed by atoms with E-state index in [9.17, 15) is 9.59 Å². The molecule has 0 bridgehead atoms. The van der Waals surface area contributed by atoms with Crippen molar-refractivity contribution in [2.75, 3.05) is 0 Å². The van der Waals surface area contributed by atoms with Crippen molar-refractivity contribution in [3.8, 4) is 0 Å². The highest BCUT2D eigenvalue weighted by atomic mass is 16.2. The molecule has 0 spiro atoms. The second kappa shape index (κ2) is 7.21. The monoisotopic (exact) mass is 326 g/mol. The van der Waals surface area contributed by atoms with Crippen molar-refractivity contribution in [1.82, 2.24) is 20.4 Å². The summed E-state index contributed by atoms with van der Waals surface area (Å²) in [7, 11) is 0. The molecule has 6 heteroatoms. The summed E-state index contributed by atoms with van der Waals surface area (Å²) in [4.78, 5) is 33.1. The van der Waals surface area contributed by atoms with E-state index in [2.05, 4.69) is 22.3 Å². The highest BCUT2D eigenvalue weighted by Crippen LogP contribution is 2.14. The molecule has 2 rings (SSSR count). The zero-order chi connectivity index (χ0) is 17.7. The minimum Gasteiger partial charge on any atom is -0.267 e. The number of aromatic nitrogens is 2. The van der Waals surface area contributed by atoms with E-state index in [1.165, 1.54) is 17.4 Å². The van der Waals surface area contributed by atoms with Gasteiger partial charge in [0.1, 0.15) is 0 Å². The molecule has 0 unspecified atom stereocenters. The van der Waals surface area contributed by atoms with Crippen LogP contribution in [-0.2, 0) is 6.42 Å². The van der Waals surface area contributed by atoms with E-state index >= 15 is 0 Å². The minimum absolute atomic E-state index is 0.0362. The first-order chi connectivity index (χ1) is 11.3. The predicted molar refractivity (Wildman–Crippen MR) is 91.2 cm³/mol. The van der Waals surface area contributed by atoms with Crippen molar-refractivity contribution in [3.63, 3.8) is 0 Å². The van der Waals surface area contributed by atoms with Gasteiger partial charge in [-0.15, -0.1) is 0 Å². The number of hydrazine groups is 1. The predicted octanol–water partition coefficient (Wildman–Crippen LogP) is 2.62. The quantitative estimate of drug-likeness (QED) is 0.880. The Kier molecular flexibility index (Phi) is 5.28. The molecule has 0 radical (unpaired) electrons.